The molecule has 26 heavy (non-hydrogen) atoms. The van der Waals surface area contributed by atoms with Crippen molar-refractivity contribution in [3.05, 3.63) is 28.8 Å². The minimum Gasteiger partial charge on any atom is -0.269 e. The van der Waals surface area contributed by atoms with Crippen molar-refractivity contribution in [2.75, 3.05) is 4.72 Å². The average molecular weight is 378 g/mol. The van der Waals surface area contributed by atoms with Gasteiger partial charge >= 0.3 is 10.3 Å². The van der Waals surface area contributed by atoms with E-state index in [2.05, 4.69) is 24.6 Å². The molecule has 4 nitrogen and oxygen atoms in total. The van der Waals surface area contributed by atoms with E-state index in [0.29, 0.717) is 17.0 Å². The number of hydrogen-bond acceptors (Lipinski definition) is 2. The van der Waals surface area contributed by atoms with Gasteiger partial charge in [-0.1, -0.05) is 26.8 Å². The maximum Gasteiger partial charge on any atom is 0.357 e. The summed E-state index contributed by atoms with van der Waals surface area (Å²) >= 11 is 0. The zero-order valence-corrected chi connectivity index (χ0v) is 16.9. The van der Waals surface area contributed by atoms with Gasteiger partial charge < -0.3 is 0 Å². The number of hydrogen-bond donors (Lipinski definition) is 2. The highest BCUT2D eigenvalue weighted by molar-refractivity contribution is 7.87. The molecule has 4 rings (SSSR count). The van der Waals surface area contributed by atoms with Crippen LogP contribution in [-0.2, 0) is 23.1 Å². The van der Waals surface area contributed by atoms with Crippen LogP contribution < -0.4 is 4.72 Å². The summed E-state index contributed by atoms with van der Waals surface area (Å²) in [4.78, 5) is 0. The Morgan fingerprint density at radius 1 is 1.23 bits per heavy atom. The summed E-state index contributed by atoms with van der Waals surface area (Å²) in [5.41, 5.74) is 4.75. The fraction of sp³-hybridized carbons (Fsp3) is 0.714. The van der Waals surface area contributed by atoms with Crippen molar-refractivity contribution in [2.45, 2.75) is 71.6 Å². The first-order chi connectivity index (χ1) is 12.2. The van der Waals surface area contributed by atoms with Gasteiger partial charge in [0.05, 0.1) is 5.69 Å². The van der Waals surface area contributed by atoms with Crippen LogP contribution in [0, 0.1) is 23.2 Å². The second-order valence-corrected chi connectivity index (χ2v) is 10.2. The summed E-state index contributed by atoms with van der Waals surface area (Å²) < 4.78 is 34.1. The first-order valence-electron chi connectivity index (χ1n) is 10.1. The van der Waals surface area contributed by atoms with Gasteiger partial charge in [-0.05, 0) is 96.8 Å². The van der Waals surface area contributed by atoms with Gasteiger partial charge in [-0.25, -0.2) is 0 Å². The zero-order valence-electron chi connectivity index (χ0n) is 16.1. The molecule has 5 atom stereocenters. The lowest BCUT2D eigenvalue weighted by Crippen LogP contribution is -2.41. The summed E-state index contributed by atoms with van der Waals surface area (Å²) in [6.07, 6.45) is 8.28. The predicted octanol–water partition coefficient (Wildman–Crippen LogP) is 4.96. The molecule has 0 heterocycles. The number of aryl methyl sites for hydroxylation is 2. The van der Waals surface area contributed by atoms with Crippen LogP contribution in [0.5, 0.6) is 0 Å². The maximum atomic E-state index is 11.3. The number of anilines is 1. The lowest BCUT2D eigenvalue weighted by molar-refractivity contribution is 0.0337. The van der Waals surface area contributed by atoms with E-state index in [1.165, 1.54) is 43.2 Å². The van der Waals surface area contributed by atoms with E-state index in [0.717, 1.165) is 36.2 Å². The largest absolute Gasteiger partial charge is 0.357 e. The van der Waals surface area contributed by atoms with E-state index in [4.69, 9.17) is 0 Å². The third-order valence-corrected chi connectivity index (χ3v) is 8.52. The third kappa shape index (κ3) is 2.88. The Kier molecular flexibility index (Phi) is 4.39. The van der Waals surface area contributed by atoms with Crippen LogP contribution in [0.4, 0.5) is 5.69 Å². The van der Waals surface area contributed by atoms with E-state index in [1.807, 2.05) is 13.0 Å². The molecule has 3 aliphatic carbocycles. The highest BCUT2D eigenvalue weighted by Crippen LogP contribution is 2.62. The second-order valence-electron chi connectivity index (χ2n) is 9.08. The van der Waals surface area contributed by atoms with Crippen molar-refractivity contribution in [1.82, 2.24) is 0 Å². The molecular weight excluding hydrogens is 346 g/mol. The molecule has 0 amide bonds. The Morgan fingerprint density at radius 2 is 2.00 bits per heavy atom. The maximum absolute atomic E-state index is 11.3. The molecule has 1 aromatic carbocycles. The van der Waals surface area contributed by atoms with Crippen molar-refractivity contribution in [1.29, 1.82) is 0 Å². The SMILES string of the molecule is CCc1cc2c(cc1NS(=O)(=O)O)CCC1C2CC[C@@]2(C)C1CC[C@@H]2C. The van der Waals surface area contributed by atoms with Crippen molar-refractivity contribution < 1.29 is 13.0 Å². The number of nitrogens with one attached hydrogen (secondary N) is 1. The Labute approximate surface area is 157 Å². The highest BCUT2D eigenvalue weighted by atomic mass is 32.2. The third-order valence-electron chi connectivity index (χ3n) is 8.04. The van der Waals surface area contributed by atoms with Crippen LogP contribution in [-0.4, -0.2) is 13.0 Å². The molecule has 3 aliphatic rings. The Balaban J connectivity index is 1.70. The minimum absolute atomic E-state index is 0.513. The molecule has 0 saturated heterocycles. The second kappa shape index (κ2) is 6.23. The topological polar surface area (TPSA) is 66.4 Å². The molecule has 3 unspecified atom stereocenters. The quantitative estimate of drug-likeness (QED) is 0.732. The first-order valence-corrected chi connectivity index (χ1v) is 11.6. The molecule has 144 valence electrons. The number of fused-ring (bicyclic) bond motifs is 5. The van der Waals surface area contributed by atoms with Crippen LogP contribution in [0.15, 0.2) is 12.1 Å². The molecule has 0 spiro atoms. The van der Waals surface area contributed by atoms with Gasteiger partial charge in [0, 0.05) is 0 Å². The molecule has 2 saturated carbocycles. The lowest BCUT2D eigenvalue weighted by atomic mass is 9.54. The van der Waals surface area contributed by atoms with Crippen LogP contribution in [0.3, 0.4) is 0 Å². The zero-order chi connectivity index (χ0) is 18.7. The van der Waals surface area contributed by atoms with Gasteiger partial charge in [-0.3, -0.25) is 9.27 Å². The number of rotatable bonds is 3. The fourth-order valence-corrected chi connectivity index (χ4v) is 6.93. The van der Waals surface area contributed by atoms with Crippen LogP contribution in [0.2, 0.25) is 0 Å². The summed E-state index contributed by atoms with van der Waals surface area (Å²) in [7, 11) is -4.24. The van der Waals surface area contributed by atoms with Crippen LogP contribution in [0.1, 0.15) is 75.5 Å². The van der Waals surface area contributed by atoms with Crippen molar-refractivity contribution >= 4 is 16.0 Å². The smallest absolute Gasteiger partial charge is 0.269 e. The fourth-order valence-electron chi connectivity index (χ4n) is 6.46. The molecule has 2 N–H and O–H groups in total. The Hall–Kier alpha value is -1.07. The van der Waals surface area contributed by atoms with Crippen LogP contribution in [0.25, 0.3) is 0 Å². The predicted molar refractivity (Wildman–Crippen MR) is 105 cm³/mol. The summed E-state index contributed by atoms with van der Waals surface area (Å²) in [6.45, 7) is 7.00. The average Bonchev–Trinajstić information content (AvgIpc) is 2.88. The van der Waals surface area contributed by atoms with Crippen LogP contribution >= 0.6 is 0 Å². The first kappa shape index (κ1) is 18.3. The van der Waals surface area contributed by atoms with Gasteiger partial charge in [0.15, 0.2) is 0 Å². The van der Waals surface area contributed by atoms with E-state index >= 15 is 0 Å². The highest BCUT2D eigenvalue weighted by Gasteiger charge is 2.53. The minimum atomic E-state index is -4.24. The van der Waals surface area contributed by atoms with Crippen molar-refractivity contribution in [3.8, 4) is 0 Å². The molecule has 2 fully saturated rings. The van der Waals surface area contributed by atoms with Gasteiger partial charge in [-0.15, -0.1) is 0 Å². The lowest BCUT2D eigenvalue weighted by Gasteiger charge is -2.50. The normalized spacial score (nSPS) is 36.2. The standard InChI is InChI=1S/C21H31NO3S/c1-4-14-11-18-15(12-20(14)22-26(23,24)25)6-7-17-16(18)9-10-21(3)13(2)5-8-19(17)21/h11-13,16-17,19,22H,4-10H2,1-3H3,(H,23,24,25)/t13-,16?,17?,19?,21+/m0/s1. The number of benzene rings is 1. The summed E-state index contributed by atoms with van der Waals surface area (Å²) in [5.74, 6) is 3.07. The van der Waals surface area contributed by atoms with Gasteiger partial charge in [0.25, 0.3) is 0 Å². The van der Waals surface area contributed by atoms with E-state index in [1.54, 1.807) is 0 Å². The molecule has 0 radical (unpaired) electrons. The van der Waals surface area contributed by atoms with Gasteiger partial charge in [0.1, 0.15) is 0 Å². The summed E-state index contributed by atoms with van der Waals surface area (Å²) in [5, 5.41) is 0. The molecule has 1 aromatic rings. The van der Waals surface area contributed by atoms with Gasteiger partial charge in [0.2, 0.25) is 0 Å². The van der Waals surface area contributed by atoms with E-state index in [-0.39, 0.29) is 0 Å². The van der Waals surface area contributed by atoms with Crippen molar-refractivity contribution in [2.24, 2.45) is 23.2 Å². The van der Waals surface area contributed by atoms with Crippen molar-refractivity contribution in [3.63, 3.8) is 0 Å². The molecule has 5 heteroatoms. The van der Waals surface area contributed by atoms with E-state index < -0.39 is 10.3 Å². The Bertz CT molecular complexity index is 819. The molecular formula is C21H31NO3S. The molecule has 0 bridgehead atoms. The molecule has 0 aliphatic heterocycles. The van der Waals surface area contributed by atoms with Gasteiger partial charge in [-0.2, -0.15) is 8.42 Å². The Morgan fingerprint density at radius 3 is 2.69 bits per heavy atom. The monoisotopic (exact) mass is 377 g/mol. The summed E-state index contributed by atoms with van der Waals surface area (Å²) in [6, 6.07) is 4.20. The molecule has 0 aromatic heterocycles. The van der Waals surface area contributed by atoms with E-state index in [9.17, 15) is 13.0 Å².